The number of ether oxygens (including phenoxy) is 1. The lowest BCUT2D eigenvalue weighted by atomic mass is 10.2. The molecule has 1 amide bonds. The number of nitrogens with zero attached hydrogens (tertiary/aromatic N) is 2. The molecule has 1 saturated heterocycles. The minimum absolute atomic E-state index is 0.0883. The maximum Gasteiger partial charge on any atom is 0.341 e. The van der Waals surface area contributed by atoms with Gasteiger partial charge in [-0.05, 0) is 47.7 Å². The van der Waals surface area contributed by atoms with Crippen LogP contribution in [0.4, 0.5) is 5.69 Å². The molecule has 1 fully saturated rings. The first-order valence-electron chi connectivity index (χ1n) is 8.61. The molecule has 3 rings (SSSR count). The summed E-state index contributed by atoms with van der Waals surface area (Å²) in [5.74, 6) is -0.798. The standard InChI is InChI=1S/C21H18N2O5S/c1-2-9-23-20(27)18(29-21(23)22-15-6-4-7-16(24)12-15)11-14-5-3-8-17(10-14)28-13-19(25)26/h2-8,10-12,24H,1,9,13H2,(H,25,26)/b18-11-,22-21?. The molecule has 2 aromatic carbocycles. The van der Waals surface area contributed by atoms with E-state index in [9.17, 15) is 14.7 Å². The number of hydrogen-bond acceptors (Lipinski definition) is 6. The number of aromatic hydroxyl groups is 1. The van der Waals surface area contributed by atoms with Crippen molar-refractivity contribution in [2.24, 2.45) is 4.99 Å². The second-order valence-corrected chi connectivity index (χ2v) is 6.99. The molecule has 148 valence electrons. The Kier molecular flexibility index (Phi) is 6.36. The number of thioether (sulfide) groups is 1. The van der Waals surface area contributed by atoms with Crippen LogP contribution in [0.3, 0.4) is 0 Å². The summed E-state index contributed by atoms with van der Waals surface area (Å²) in [6.45, 7) is 3.54. The third-order valence-electron chi connectivity index (χ3n) is 3.77. The molecule has 0 atom stereocenters. The number of carboxylic acid groups (broad SMARTS) is 1. The summed E-state index contributed by atoms with van der Waals surface area (Å²) < 4.78 is 5.18. The second kappa shape index (κ2) is 9.11. The van der Waals surface area contributed by atoms with Gasteiger partial charge in [0.1, 0.15) is 11.5 Å². The van der Waals surface area contributed by atoms with Crippen LogP contribution in [0.15, 0.2) is 71.1 Å². The van der Waals surface area contributed by atoms with Crippen molar-refractivity contribution in [2.45, 2.75) is 0 Å². The van der Waals surface area contributed by atoms with E-state index in [2.05, 4.69) is 11.6 Å². The van der Waals surface area contributed by atoms with Crippen molar-refractivity contribution in [3.8, 4) is 11.5 Å². The Hall–Kier alpha value is -3.52. The van der Waals surface area contributed by atoms with Crippen molar-refractivity contribution in [1.82, 2.24) is 4.90 Å². The number of phenols is 1. The number of rotatable bonds is 7. The zero-order valence-corrected chi connectivity index (χ0v) is 16.1. The molecule has 0 aliphatic carbocycles. The summed E-state index contributed by atoms with van der Waals surface area (Å²) >= 11 is 1.21. The molecular formula is C21H18N2O5S. The number of amidine groups is 1. The third kappa shape index (κ3) is 5.26. The molecule has 0 aromatic heterocycles. The van der Waals surface area contributed by atoms with Gasteiger partial charge in [0.15, 0.2) is 11.8 Å². The van der Waals surface area contributed by atoms with Crippen LogP contribution in [0.1, 0.15) is 5.56 Å². The van der Waals surface area contributed by atoms with Crippen LogP contribution in [-0.2, 0) is 9.59 Å². The summed E-state index contributed by atoms with van der Waals surface area (Å²) in [4.78, 5) is 29.9. The monoisotopic (exact) mass is 410 g/mol. The highest BCUT2D eigenvalue weighted by Gasteiger charge is 2.32. The van der Waals surface area contributed by atoms with Gasteiger partial charge in [-0.2, -0.15) is 0 Å². The van der Waals surface area contributed by atoms with E-state index in [1.165, 1.54) is 22.7 Å². The lowest BCUT2D eigenvalue weighted by Gasteiger charge is -2.12. The third-order valence-corrected chi connectivity index (χ3v) is 4.78. The highest BCUT2D eigenvalue weighted by atomic mass is 32.2. The van der Waals surface area contributed by atoms with Crippen LogP contribution in [0.2, 0.25) is 0 Å². The van der Waals surface area contributed by atoms with E-state index in [0.29, 0.717) is 33.6 Å². The quantitative estimate of drug-likeness (QED) is 0.534. The van der Waals surface area contributed by atoms with Gasteiger partial charge in [0.25, 0.3) is 5.91 Å². The SMILES string of the molecule is C=CCN1C(=O)/C(=C/c2cccc(OCC(=O)O)c2)SC1=Nc1cccc(O)c1. The Bertz CT molecular complexity index is 1020. The van der Waals surface area contributed by atoms with Crippen molar-refractivity contribution >= 4 is 40.6 Å². The Morgan fingerprint density at radius 3 is 2.76 bits per heavy atom. The number of carboxylic acids is 1. The summed E-state index contributed by atoms with van der Waals surface area (Å²) in [5, 5.41) is 18.8. The molecule has 29 heavy (non-hydrogen) atoms. The minimum atomic E-state index is -1.07. The predicted molar refractivity (Wildman–Crippen MR) is 112 cm³/mol. The molecule has 0 unspecified atom stereocenters. The van der Waals surface area contributed by atoms with Crippen LogP contribution in [0, 0.1) is 0 Å². The minimum Gasteiger partial charge on any atom is -0.508 e. The lowest BCUT2D eigenvalue weighted by molar-refractivity contribution is -0.139. The highest BCUT2D eigenvalue weighted by Crippen LogP contribution is 2.34. The fraction of sp³-hybridized carbons (Fsp3) is 0.0952. The summed E-state index contributed by atoms with van der Waals surface area (Å²) in [6, 6.07) is 13.3. The van der Waals surface area contributed by atoms with E-state index in [-0.39, 0.29) is 11.7 Å². The summed E-state index contributed by atoms with van der Waals surface area (Å²) in [7, 11) is 0. The molecule has 1 aliphatic heterocycles. The fourth-order valence-electron chi connectivity index (χ4n) is 2.55. The largest absolute Gasteiger partial charge is 0.508 e. The number of aliphatic imine (C=N–C) groups is 1. The maximum atomic E-state index is 12.8. The molecule has 8 heteroatoms. The molecule has 2 N–H and O–H groups in total. The predicted octanol–water partition coefficient (Wildman–Crippen LogP) is 3.65. The van der Waals surface area contributed by atoms with Gasteiger partial charge in [-0.25, -0.2) is 9.79 Å². The Labute approximate surface area is 171 Å². The second-order valence-electron chi connectivity index (χ2n) is 5.98. The van der Waals surface area contributed by atoms with Gasteiger partial charge in [-0.3, -0.25) is 9.69 Å². The van der Waals surface area contributed by atoms with E-state index in [1.54, 1.807) is 54.6 Å². The van der Waals surface area contributed by atoms with Crippen LogP contribution < -0.4 is 4.74 Å². The first-order valence-corrected chi connectivity index (χ1v) is 9.42. The van der Waals surface area contributed by atoms with Gasteiger partial charge in [0, 0.05) is 12.6 Å². The lowest BCUT2D eigenvalue weighted by Crippen LogP contribution is -2.29. The van der Waals surface area contributed by atoms with Gasteiger partial charge in [-0.1, -0.05) is 24.3 Å². The van der Waals surface area contributed by atoms with Crippen molar-refractivity contribution in [3.05, 3.63) is 71.7 Å². The Morgan fingerprint density at radius 2 is 2.03 bits per heavy atom. The number of aliphatic carboxylic acids is 1. The summed E-state index contributed by atoms with van der Waals surface area (Å²) in [6.07, 6.45) is 3.31. The van der Waals surface area contributed by atoms with E-state index in [1.807, 2.05) is 0 Å². The highest BCUT2D eigenvalue weighted by molar-refractivity contribution is 8.18. The van der Waals surface area contributed by atoms with Crippen LogP contribution in [0.25, 0.3) is 6.08 Å². The van der Waals surface area contributed by atoms with E-state index >= 15 is 0 Å². The van der Waals surface area contributed by atoms with Crippen LogP contribution >= 0.6 is 11.8 Å². The average molecular weight is 410 g/mol. The van der Waals surface area contributed by atoms with E-state index < -0.39 is 12.6 Å². The molecule has 0 bridgehead atoms. The average Bonchev–Trinajstić information content (AvgIpc) is 2.96. The van der Waals surface area contributed by atoms with Gasteiger partial charge >= 0.3 is 5.97 Å². The first kappa shape index (κ1) is 20.2. The number of benzene rings is 2. The maximum absolute atomic E-state index is 12.8. The number of carbonyl (C=O) groups is 2. The first-order chi connectivity index (χ1) is 14.0. The van der Waals surface area contributed by atoms with Crippen molar-refractivity contribution in [1.29, 1.82) is 0 Å². The topological polar surface area (TPSA) is 99.4 Å². The fourth-order valence-corrected chi connectivity index (χ4v) is 3.55. The normalized spacial score (nSPS) is 16.4. The van der Waals surface area contributed by atoms with Crippen LogP contribution in [-0.4, -0.2) is 45.3 Å². The Morgan fingerprint density at radius 1 is 1.24 bits per heavy atom. The van der Waals surface area contributed by atoms with Gasteiger partial charge in [-0.15, -0.1) is 6.58 Å². The zero-order chi connectivity index (χ0) is 20.8. The Balaban J connectivity index is 1.88. The van der Waals surface area contributed by atoms with Gasteiger partial charge in [0.2, 0.25) is 0 Å². The zero-order valence-electron chi connectivity index (χ0n) is 15.3. The van der Waals surface area contributed by atoms with Crippen LogP contribution in [0.5, 0.6) is 11.5 Å². The van der Waals surface area contributed by atoms with E-state index in [0.717, 1.165) is 0 Å². The number of phenolic OH excluding ortho intramolecular Hbond substituents is 1. The molecular weight excluding hydrogens is 392 g/mol. The molecule has 1 heterocycles. The van der Waals surface area contributed by atoms with Crippen molar-refractivity contribution < 1.29 is 24.5 Å². The molecule has 0 radical (unpaired) electrons. The molecule has 7 nitrogen and oxygen atoms in total. The molecule has 0 saturated carbocycles. The van der Waals surface area contributed by atoms with E-state index in [4.69, 9.17) is 9.84 Å². The van der Waals surface area contributed by atoms with Gasteiger partial charge < -0.3 is 14.9 Å². The molecule has 0 spiro atoms. The van der Waals surface area contributed by atoms with Crippen molar-refractivity contribution in [3.63, 3.8) is 0 Å². The smallest absolute Gasteiger partial charge is 0.341 e. The summed E-state index contributed by atoms with van der Waals surface area (Å²) in [5.41, 5.74) is 1.22. The number of carbonyl (C=O) groups excluding carboxylic acids is 1. The molecule has 2 aromatic rings. The number of hydrogen-bond donors (Lipinski definition) is 2. The van der Waals surface area contributed by atoms with Crippen molar-refractivity contribution in [2.75, 3.05) is 13.2 Å². The number of amides is 1. The molecule has 1 aliphatic rings. The van der Waals surface area contributed by atoms with Gasteiger partial charge in [0.05, 0.1) is 10.6 Å².